The number of hydrogen-bond acceptors (Lipinski definition) is 3. The van der Waals surface area contributed by atoms with Gasteiger partial charge in [0.25, 0.3) is 5.91 Å². The summed E-state index contributed by atoms with van der Waals surface area (Å²) in [6.45, 7) is 0. The first-order valence-corrected chi connectivity index (χ1v) is 7.14. The number of nitriles is 1. The van der Waals surface area contributed by atoms with Crippen LogP contribution in [0.25, 0.3) is 0 Å². The molecule has 2 rings (SSSR count). The monoisotopic (exact) mass is 349 g/mol. The molecule has 0 fully saturated rings. The van der Waals surface area contributed by atoms with Crippen molar-refractivity contribution < 1.29 is 9.18 Å². The number of nitrogens with one attached hydrogen (secondary N) is 2. The zero-order valence-electron chi connectivity index (χ0n) is 11.6. The molecule has 2 N–H and O–H groups in total. The smallest absolute Gasteiger partial charge is 0.267 e. The highest BCUT2D eigenvalue weighted by Gasteiger charge is 2.11. The number of nitrogens with zero attached hydrogens (tertiary/aromatic N) is 1. The molecule has 0 aliphatic heterocycles. The summed E-state index contributed by atoms with van der Waals surface area (Å²) in [6, 6.07) is 11.8. The molecule has 0 unspecified atom stereocenters. The van der Waals surface area contributed by atoms with E-state index in [4.69, 9.17) is 28.5 Å². The van der Waals surface area contributed by atoms with Crippen molar-refractivity contribution >= 4 is 40.5 Å². The van der Waals surface area contributed by atoms with Crippen molar-refractivity contribution in [3.05, 3.63) is 70.1 Å². The quantitative estimate of drug-likeness (QED) is 0.626. The maximum atomic E-state index is 12.8. The van der Waals surface area contributed by atoms with Gasteiger partial charge in [0.2, 0.25) is 0 Å². The van der Waals surface area contributed by atoms with Crippen LogP contribution in [0.5, 0.6) is 0 Å². The second-order valence-electron chi connectivity index (χ2n) is 4.40. The second kappa shape index (κ2) is 7.63. The summed E-state index contributed by atoms with van der Waals surface area (Å²) in [5, 5.41) is 15.0. The van der Waals surface area contributed by atoms with Gasteiger partial charge in [-0.15, -0.1) is 0 Å². The molecule has 0 aliphatic carbocycles. The van der Waals surface area contributed by atoms with Crippen molar-refractivity contribution in [2.24, 2.45) is 0 Å². The van der Waals surface area contributed by atoms with Crippen LogP contribution in [0.15, 0.2) is 54.2 Å². The van der Waals surface area contributed by atoms with Crippen LogP contribution in [-0.2, 0) is 4.79 Å². The van der Waals surface area contributed by atoms with Gasteiger partial charge in [0.05, 0.1) is 10.7 Å². The molecule has 0 radical (unpaired) electrons. The zero-order valence-corrected chi connectivity index (χ0v) is 13.1. The standard InChI is InChI=1S/C16H10Cl2FN3O/c17-11-1-6-15(14(18)7-11)22-16(23)10(8-20)9-21-13-4-2-12(19)3-5-13/h1-7,9,21H,(H,22,23)/b10-9-. The summed E-state index contributed by atoms with van der Waals surface area (Å²) in [5.74, 6) is -1.01. The van der Waals surface area contributed by atoms with Crippen LogP contribution in [0.4, 0.5) is 15.8 Å². The van der Waals surface area contributed by atoms with E-state index in [0.717, 1.165) is 0 Å². The minimum atomic E-state index is -0.633. The first-order valence-electron chi connectivity index (χ1n) is 6.38. The lowest BCUT2D eigenvalue weighted by atomic mass is 10.2. The van der Waals surface area contributed by atoms with Crippen LogP contribution in [0.1, 0.15) is 0 Å². The lowest BCUT2D eigenvalue weighted by molar-refractivity contribution is -0.112. The van der Waals surface area contributed by atoms with Crippen LogP contribution in [0.3, 0.4) is 0 Å². The van der Waals surface area contributed by atoms with E-state index in [2.05, 4.69) is 10.6 Å². The topological polar surface area (TPSA) is 64.9 Å². The van der Waals surface area contributed by atoms with Crippen molar-refractivity contribution in [2.45, 2.75) is 0 Å². The molecule has 23 heavy (non-hydrogen) atoms. The largest absolute Gasteiger partial charge is 0.360 e. The molecule has 0 saturated carbocycles. The van der Waals surface area contributed by atoms with Gasteiger partial charge >= 0.3 is 0 Å². The fraction of sp³-hybridized carbons (Fsp3) is 0. The van der Waals surface area contributed by atoms with Gasteiger partial charge in [-0.2, -0.15) is 5.26 Å². The van der Waals surface area contributed by atoms with Gasteiger partial charge in [0.1, 0.15) is 17.5 Å². The van der Waals surface area contributed by atoms with E-state index in [1.807, 2.05) is 0 Å². The van der Waals surface area contributed by atoms with Crippen LogP contribution < -0.4 is 10.6 Å². The van der Waals surface area contributed by atoms with Gasteiger partial charge in [-0.3, -0.25) is 4.79 Å². The normalized spacial score (nSPS) is 10.8. The number of carbonyl (C=O) groups is 1. The Kier molecular flexibility index (Phi) is 5.58. The minimum Gasteiger partial charge on any atom is -0.360 e. The first-order chi connectivity index (χ1) is 11.0. The Balaban J connectivity index is 2.10. The molecular weight excluding hydrogens is 340 g/mol. The number of benzene rings is 2. The van der Waals surface area contributed by atoms with Crippen molar-refractivity contribution in [3.63, 3.8) is 0 Å². The Morgan fingerprint density at radius 3 is 2.48 bits per heavy atom. The lowest BCUT2D eigenvalue weighted by Gasteiger charge is -2.07. The van der Waals surface area contributed by atoms with Crippen LogP contribution in [0.2, 0.25) is 10.0 Å². The van der Waals surface area contributed by atoms with Crippen molar-refractivity contribution in [3.8, 4) is 6.07 Å². The van der Waals surface area contributed by atoms with Gasteiger partial charge in [-0.05, 0) is 42.5 Å². The van der Waals surface area contributed by atoms with E-state index >= 15 is 0 Å². The van der Waals surface area contributed by atoms with E-state index in [0.29, 0.717) is 16.4 Å². The first kappa shape index (κ1) is 16.8. The molecule has 2 aromatic carbocycles. The van der Waals surface area contributed by atoms with Crippen LogP contribution >= 0.6 is 23.2 Å². The van der Waals surface area contributed by atoms with Gasteiger partial charge in [0.15, 0.2) is 0 Å². The number of amides is 1. The Labute approximate surface area is 142 Å². The fourth-order valence-electron chi connectivity index (χ4n) is 1.63. The fourth-order valence-corrected chi connectivity index (χ4v) is 2.09. The van der Waals surface area contributed by atoms with Crippen molar-refractivity contribution in [1.82, 2.24) is 0 Å². The Morgan fingerprint density at radius 2 is 1.87 bits per heavy atom. The Morgan fingerprint density at radius 1 is 1.17 bits per heavy atom. The second-order valence-corrected chi connectivity index (χ2v) is 5.24. The summed E-state index contributed by atoms with van der Waals surface area (Å²) in [4.78, 5) is 12.1. The molecule has 4 nitrogen and oxygen atoms in total. The molecule has 2 aromatic rings. The van der Waals surface area contributed by atoms with Gasteiger partial charge in [-0.25, -0.2) is 4.39 Å². The zero-order chi connectivity index (χ0) is 16.8. The highest BCUT2D eigenvalue weighted by atomic mass is 35.5. The molecule has 0 bridgehead atoms. The third-order valence-electron chi connectivity index (χ3n) is 2.77. The number of hydrogen-bond donors (Lipinski definition) is 2. The summed E-state index contributed by atoms with van der Waals surface area (Å²) in [6.07, 6.45) is 1.23. The average Bonchev–Trinajstić information content (AvgIpc) is 2.52. The van der Waals surface area contributed by atoms with Gasteiger partial charge in [0, 0.05) is 16.9 Å². The summed E-state index contributed by atoms with van der Waals surface area (Å²) >= 11 is 11.7. The van der Waals surface area contributed by atoms with E-state index in [9.17, 15) is 9.18 Å². The molecule has 1 amide bonds. The molecule has 0 heterocycles. The molecule has 7 heteroatoms. The Bertz CT molecular complexity index is 798. The number of halogens is 3. The van der Waals surface area contributed by atoms with Crippen LogP contribution in [-0.4, -0.2) is 5.91 Å². The number of anilines is 2. The number of carbonyl (C=O) groups excluding carboxylic acids is 1. The molecule has 0 aliphatic rings. The van der Waals surface area contributed by atoms with Crippen molar-refractivity contribution in [2.75, 3.05) is 10.6 Å². The summed E-state index contributed by atoms with van der Waals surface area (Å²) in [5.41, 5.74) is 0.709. The molecule has 0 atom stereocenters. The minimum absolute atomic E-state index is 0.166. The van der Waals surface area contributed by atoms with E-state index in [-0.39, 0.29) is 16.4 Å². The predicted molar refractivity (Wildman–Crippen MR) is 88.8 cm³/mol. The van der Waals surface area contributed by atoms with Crippen LogP contribution in [0, 0.1) is 17.1 Å². The van der Waals surface area contributed by atoms with E-state index < -0.39 is 5.91 Å². The third kappa shape index (κ3) is 4.71. The van der Waals surface area contributed by atoms with E-state index in [1.165, 1.54) is 42.6 Å². The third-order valence-corrected chi connectivity index (χ3v) is 3.32. The summed E-state index contributed by atoms with van der Waals surface area (Å²) < 4.78 is 12.8. The number of rotatable bonds is 4. The SMILES string of the molecule is N#C/C(=C/Nc1ccc(F)cc1)C(=O)Nc1ccc(Cl)cc1Cl. The maximum absolute atomic E-state index is 12.8. The molecule has 0 saturated heterocycles. The van der Waals surface area contributed by atoms with Gasteiger partial charge in [-0.1, -0.05) is 23.2 Å². The molecule has 116 valence electrons. The molecular formula is C16H10Cl2FN3O. The highest BCUT2D eigenvalue weighted by Crippen LogP contribution is 2.25. The maximum Gasteiger partial charge on any atom is 0.267 e. The Hall–Kier alpha value is -2.55. The molecule has 0 aromatic heterocycles. The lowest BCUT2D eigenvalue weighted by Crippen LogP contribution is -2.14. The van der Waals surface area contributed by atoms with E-state index in [1.54, 1.807) is 12.1 Å². The predicted octanol–water partition coefficient (Wildman–Crippen LogP) is 4.59. The summed E-state index contributed by atoms with van der Waals surface area (Å²) in [7, 11) is 0. The highest BCUT2D eigenvalue weighted by molar-refractivity contribution is 6.36. The molecule has 0 spiro atoms. The van der Waals surface area contributed by atoms with Gasteiger partial charge < -0.3 is 10.6 Å². The average molecular weight is 350 g/mol. The van der Waals surface area contributed by atoms with Crippen molar-refractivity contribution in [1.29, 1.82) is 5.26 Å².